The van der Waals surface area contributed by atoms with Gasteiger partial charge < -0.3 is 10.1 Å². The van der Waals surface area contributed by atoms with Crippen molar-refractivity contribution in [2.45, 2.75) is 45.8 Å². The molecule has 0 aliphatic rings. The second-order valence-electron chi connectivity index (χ2n) is 6.28. The van der Waals surface area contributed by atoms with E-state index in [1.807, 2.05) is 0 Å². The second kappa shape index (κ2) is 7.48. The molecule has 24 heavy (non-hydrogen) atoms. The molecule has 0 radical (unpaired) electrons. The highest BCUT2D eigenvalue weighted by Crippen LogP contribution is 2.19. The van der Waals surface area contributed by atoms with Gasteiger partial charge in [0, 0.05) is 23.8 Å². The first kappa shape index (κ1) is 18.0. The van der Waals surface area contributed by atoms with Gasteiger partial charge in [0.1, 0.15) is 11.3 Å². The Morgan fingerprint density at radius 2 is 1.96 bits per heavy atom. The fourth-order valence-electron chi connectivity index (χ4n) is 1.87. The van der Waals surface area contributed by atoms with Crippen LogP contribution in [0.15, 0.2) is 23.8 Å². The van der Waals surface area contributed by atoms with Crippen LogP contribution < -0.4 is 5.32 Å². The van der Waals surface area contributed by atoms with E-state index in [0.717, 1.165) is 0 Å². The van der Waals surface area contributed by atoms with Crippen molar-refractivity contribution >= 4 is 23.2 Å². The van der Waals surface area contributed by atoms with Gasteiger partial charge in [-0.1, -0.05) is 0 Å². The topological polar surface area (TPSA) is 94.1 Å². The molecule has 8 heteroatoms. The number of carbonyl (C=O) groups is 2. The summed E-state index contributed by atoms with van der Waals surface area (Å²) in [5.74, 6) is -0.222. The number of hydrogen-bond donors (Lipinski definition) is 1. The molecule has 2 aromatic rings. The number of nitrogens with one attached hydrogen (secondary N) is 1. The Balaban J connectivity index is 1.93. The van der Waals surface area contributed by atoms with E-state index < -0.39 is 5.60 Å². The number of amides is 1. The Morgan fingerprint density at radius 1 is 1.29 bits per heavy atom. The molecule has 0 saturated carbocycles. The van der Waals surface area contributed by atoms with Crippen LogP contribution in [-0.4, -0.2) is 38.5 Å². The average Bonchev–Trinajstić information content (AvgIpc) is 2.95. The van der Waals surface area contributed by atoms with Crippen LogP contribution in [0.4, 0.5) is 0 Å². The maximum absolute atomic E-state index is 12.2. The molecule has 128 valence electrons. The summed E-state index contributed by atoms with van der Waals surface area (Å²) in [5, 5.41) is 4.95. The van der Waals surface area contributed by atoms with Crippen molar-refractivity contribution in [1.82, 2.24) is 20.3 Å². The summed E-state index contributed by atoms with van der Waals surface area (Å²) in [5.41, 5.74) is -0.265. The Bertz CT molecular complexity index is 710. The molecular formula is C16H20N4O3S. The zero-order valence-corrected chi connectivity index (χ0v) is 14.9. The molecule has 2 rings (SSSR count). The van der Waals surface area contributed by atoms with Crippen molar-refractivity contribution in [1.29, 1.82) is 0 Å². The lowest BCUT2D eigenvalue weighted by Crippen LogP contribution is -2.36. The first-order valence-corrected chi connectivity index (χ1v) is 8.38. The number of nitrogens with zero attached hydrogens (tertiary/aromatic N) is 3. The standard InChI is InChI=1S/C16H20N4O3S/c1-10(8-12(21)23-16(2,3)4)19-14(22)11-9-24-15(20-11)13-17-6-5-7-18-13/h5-7,9-10H,8H2,1-4H3,(H,19,22)/t10-/m1/s1. The Hall–Kier alpha value is -2.35. The number of esters is 1. The van der Waals surface area contributed by atoms with Crippen LogP contribution in [0, 0.1) is 0 Å². The Kier molecular flexibility index (Phi) is 5.61. The van der Waals surface area contributed by atoms with E-state index in [1.54, 1.807) is 51.5 Å². The third kappa shape index (κ3) is 5.38. The van der Waals surface area contributed by atoms with E-state index in [-0.39, 0.29) is 30.0 Å². The highest BCUT2D eigenvalue weighted by Gasteiger charge is 2.20. The molecule has 2 heterocycles. The number of hydrogen-bond acceptors (Lipinski definition) is 7. The number of aromatic nitrogens is 3. The third-order valence-corrected chi connectivity index (χ3v) is 3.60. The first-order valence-electron chi connectivity index (χ1n) is 7.50. The fraction of sp³-hybridized carbons (Fsp3) is 0.438. The largest absolute Gasteiger partial charge is 0.460 e. The van der Waals surface area contributed by atoms with Gasteiger partial charge in [-0.25, -0.2) is 15.0 Å². The minimum absolute atomic E-state index is 0.0990. The van der Waals surface area contributed by atoms with Gasteiger partial charge in [-0.05, 0) is 33.8 Å². The van der Waals surface area contributed by atoms with Crippen LogP contribution in [0.25, 0.3) is 10.8 Å². The second-order valence-corrected chi connectivity index (χ2v) is 7.13. The zero-order chi connectivity index (χ0) is 17.7. The smallest absolute Gasteiger partial charge is 0.308 e. The maximum atomic E-state index is 12.2. The number of rotatable bonds is 5. The lowest BCUT2D eigenvalue weighted by molar-refractivity contribution is -0.155. The van der Waals surface area contributed by atoms with Crippen molar-refractivity contribution in [3.8, 4) is 10.8 Å². The predicted octanol–water partition coefficient (Wildman–Crippen LogP) is 2.45. The van der Waals surface area contributed by atoms with Crippen molar-refractivity contribution in [2.75, 3.05) is 0 Å². The maximum Gasteiger partial charge on any atom is 0.308 e. The molecule has 0 aliphatic heterocycles. The molecule has 2 aromatic heterocycles. The van der Waals surface area contributed by atoms with Crippen molar-refractivity contribution in [2.24, 2.45) is 0 Å². The monoisotopic (exact) mass is 348 g/mol. The third-order valence-electron chi connectivity index (χ3n) is 2.76. The van der Waals surface area contributed by atoms with Gasteiger partial charge in [0.05, 0.1) is 6.42 Å². The summed E-state index contributed by atoms with van der Waals surface area (Å²) in [6, 6.07) is 1.36. The van der Waals surface area contributed by atoms with Gasteiger partial charge in [-0.15, -0.1) is 11.3 Å². The van der Waals surface area contributed by atoms with Crippen molar-refractivity contribution in [3.05, 3.63) is 29.5 Å². The molecule has 0 aliphatic carbocycles. The van der Waals surface area contributed by atoms with E-state index in [2.05, 4.69) is 20.3 Å². The molecule has 0 aromatic carbocycles. The van der Waals surface area contributed by atoms with E-state index in [4.69, 9.17) is 4.74 Å². The minimum atomic E-state index is -0.541. The lowest BCUT2D eigenvalue weighted by Gasteiger charge is -2.21. The Morgan fingerprint density at radius 3 is 2.58 bits per heavy atom. The quantitative estimate of drug-likeness (QED) is 0.834. The number of carbonyl (C=O) groups excluding carboxylic acids is 2. The summed E-state index contributed by atoms with van der Waals surface area (Å²) in [7, 11) is 0. The molecule has 0 bridgehead atoms. The van der Waals surface area contributed by atoms with Crippen molar-refractivity contribution in [3.63, 3.8) is 0 Å². The molecule has 1 atom stereocenters. The molecule has 1 amide bonds. The minimum Gasteiger partial charge on any atom is -0.460 e. The molecule has 7 nitrogen and oxygen atoms in total. The van der Waals surface area contributed by atoms with Gasteiger partial charge >= 0.3 is 5.97 Å². The van der Waals surface area contributed by atoms with Gasteiger partial charge in [-0.2, -0.15) is 0 Å². The molecular weight excluding hydrogens is 328 g/mol. The van der Waals surface area contributed by atoms with E-state index in [1.165, 1.54) is 11.3 Å². The van der Waals surface area contributed by atoms with Crippen LogP contribution >= 0.6 is 11.3 Å². The van der Waals surface area contributed by atoms with Crippen LogP contribution in [0.2, 0.25) is 0 Å². The Labute approximate surface area is 144 Å². The highest BCUT2D eigenvalue weighted by atomic mass is 32.1. The van der Waals surface area contributed by atoms with Gasteiger partial charge in [0.25, 0.3) is 5.91 Å². The summed E-state index contributed by atoms with van der Waals surface area (Å²) in [6.45, 7) is 7.15. The van der Waals surface area contributed by atoms with Gasteiger partial charge in [0.15, 0.2) is 10.8 Å². The average molecular weight is 348 g/mol. The molecule has 0 fully saturated rings. The normalized spacial score (nSPS) is 12.5. The van der Waals surface area contributed by atoms with E-state index in [0.29, 0.717) is 10.8 Å². The lowest BCUT2D eigenvalue weighted by atomic mass is 10.2. The molecule has 1 N–H and O–H groups in total. The SMILES string of the molecule is C[C@H](CC(=O)OC(C)(C)C)NC(=O)c1csc(-c2ncccn2)n1. The van der Waals surface area contributed by atoms with E-state index >= 15 is 0 Å². The summed E-state index contributed by atoms with van der Waals surface area (Å²) in [4.78, 5) is 36.4. The summed E-state index contributed by atoms with van der Waals surface area (Å²) in [6.07, 6.45) is 3.33. The van der Waals surface area contributed by atoms with Crippen LogP contribution in [-0.2, 0) is 9.53 Å². The fourth-order valence-corrected chi connectivity index (χ4v) is 2.62. The number of thiazole rings is 1. The highest BCUT2D eigenvalue weighted by molar-refractivity contribution is 7.13. The van der Waals surface area contributed by atoms with Crippen LogP contribution in [0.5, 0.6) is 0 Å². The summed E-state index contributed by atoms with van der Waals surface area (Å²) >= 11 is 1.29. The van der Waals surface area contributed by atoms with Crippen LogP contribution in [0.1, 0.15) is 44.6 Å². The molecule has 0 saturated heterocycles. The van der Waals surface area contributed by atoms with Crippen molar-refractivity contribution < 1.29 is 14.3 Å². The van der Waals surface area contributed by atoms with E-state index in [9.17, 15) is 9.59 Å². The zero-order valence-electron chi connectivity index (χ0n) is 14.1. The van der Waals surface area contributed by atoms with Crippen LogP contribution in [0.3, 0.4) is 0 Å². The van der Waals surface area contributed by atoms with Gasteiger partial charge in [-0.3, -0.25) is 9.59 Å². The molecule has 0 unspecified atom stereocenters. The summed E-state index contributed by atoms with van der Waals surface area (Å²) < 4.78 is 5.24. The predicted molar refractivity (Wildman–Crippen MR) is 90.5 cm³/mol. The molecule has 0 spiro atoms. The first-order chi connectivity index (χ1) is 11.2. The van der Waals surface area contributed by atoms with Gasteiger partial charge in [0.2, 0.25) is 0 Å². The number of ether oxygens (including phenoxy) is 1.